The largest absolute Gasteiger partial charge is 0.463 e. The van der Waals surface area contributed by atoms with Crippen LogP contribution in [0.25, 0.3) is 0 Å². The highest BCUT2D eigenvalue weighted by Gasteiger charge is 2.04. The third-order valence-electron chi connectivity index (χ3n) is 2.78. The van der Waals surface area contributed by atoms with Crippen LogP contribution < -0.4 is 10.1 Å². The highest BCUT2D eigenvalue weighted by Crippen LogP contribution is 2.08. The molecule has 1 aromatic rings. The Labute approximate surface area is 116 Å². The minimum atomic E-state index is 0.482. The molecule has 0 spiro atoms. The first kappa shape index (κ1) is 15.9. The molecule has 108 valence electrons. The Kier molecular flexibility index (Phi) is 7.36. The summed E-state index contributed by atoms with van der Waals surface area (Å²) in [6, 6.07) is 0.482. The summed E-state index contributed by atoms with van der Waals surface area (Å²) in [5.74, 6) is 0. The number of rotatable bonds is 9. The maximum atomic E-state index is 5.55. The number of hydrogen-bond acceptors (Lipinski definition) is 5. The SMILES string of the molecule is CCCNCc1cnc(OCCCN(C)C)nc1C. The molecule has 1 rings (SSSR count). The van der Waals surface area contributed by atoms with Gasteiger partial charge in [-0.25, -0.2) is 9.97 Å². The van der Waals surface area contributed by atoms with Gasteiger partial charge in [0, 0.05) is 30.5 Å². The van der Waals surface area contributed by atoms with Crippen LogP contribution in [0.15, 0.2) is 6.20 Å². The summed E-state index contributed by atoms with van der Waals surface area (Å²) in [5.41, 5.74) is 2.12. The lowest BCUT2D eigenvalue weighted by Gasteiger charge is -2.10. The van der Waals surface area contributed by atoms with Crippen molar-refractivity contribution in [3.63, 3.8) is 0 Å². The Morgan fingerprint density at radius 1 is 1.37 bits per heavy atom. The zero-order valence-corrected chi connectivity index (χ0v) is 12.6. The smallest absolute Gasteiger partial charge is 0.316 e. The van der Waals surface area contributed by atoms with Gasteiger partial charge in [0.05, 0.1) is 6.61 Å². The van der Waals surface area contributed by atoms with Crippen LogP contribution in [0.2, 0.25) is 0 Å². The van der Waals surface area contributed by atoms with Gasteiger partial charge in [0.15, 0.2) is 0 Å². The minimum absolute atomic E-state index is 0.482. The number of aromatic nitrogens is 2. The van der Waals surface area contributed by atoms with Crippen molar-refractivity contribution in [3.05, 3.63) is 17.5 Å². The lowest BCUT2D eigenvalue weighted by Crippen LogP contribution is -2.17. The molecular formula is C14H26N4O. The van der Waals surface area contributed by atoms with Crippen molar-refractivity contribution in [1.82, 2.24) is 20.2 Å². The lowest BCUT2D eigenvalue weighted by atomic mass is 10.2. The van der Waals surface area contributed by atoms with E-state index in [-0.39, 0.29) is 0 Å². The Morgan fingerprint density at radius 2 is 2.16 bits per heavy atom. The molecule has 0 bridgehead atoms. The molecule has 0 saturated carbocycles. The van der Waals surface area contributed by atoms with E-state index in [1.807, 2.05) is 13.1 Å². The van der Waals surface area contributed by atoms with Crippen LogP contribution in [0.3, 0.4) is 0 Å². The fourth-order valence-electron chi connectivity index (χ4n) is 1.66. The molecule has 0 aliphatic heterocycles. The van der Waals surface area contributed by atoms with E-state index in [4.69, 9.17) is 4.74 Å². The van der Waals surface area contributed by atoms with Crippen LogP contribution in [-0.2, 0) is 6.54 Å². The molecule has 0 atom stereocenters. The second-order valence-corrected chi connectivity index (χ2v) is 4.95. The molecular weight excluding hydrogens is 240 g/mol. The highest BCUT2D eigenvalue weighted by molar-refractivity contribution is 5.17. The number of nitrogens with one attached hydrogen (secondary N) is 1. The first-order chi connectivity index (χ1) is 9.13. The van der Waals surface area contributed by atoms with Gasteiger partial charge in [0.25, 0.3) is 0 Å². The van der Waals surface area contributed by atoms with Crippen molar-refractivity contribution in [2.45, 2.75) is 33.2 Å². The van der Waals surface area contributed by atoms with Gasteiger partial charge in [-0.3, -0.25) is 0 Å². The number of hydrogen-bond donors (Lipinski definition) is 1. The highest BCUT2D eigenvalue weighted by atomic mass is 16.5. The number of aryl methyl sites for hydroxylation is 1. The van der Waals surface area contributed by atoms with Crippen LogP contribution in [0.4, 0.5) is 0 Å². The molecule has 0 aliphatic carbocycles. The standard InChI is InChI=1S/C14H26N4O/c1-5-7-15-10-13-11-16-14(17-12(13)2)19-9-6-8-18(3)4/h11,15H,5-10H2,1-4H3. The minimum Gasteiger partial charge on any atom is -0.463 e. The van der Waals surface area contributed by atoms with E-state index < -0.39 is 0 Å². The van der Waals surface area contributed by atoms with Gasteiger partial charge >= 0.3 is 6.01 Å². The van der Waals surface area contributed by atoms with Crippen molar-refractivity contribution in [1.29, 1.82) is 0 Å². The first-order valence-corrected chi connectivity index (χ1v) is 6.94. The van der Waals surface area contributed by atoms with Crippen molar-refractivity contribution in [2.75, 3.05) is 33.8 Å². The van der Waals surface area contributed by atoms with E-state index in [0.717, 1.165) is 43.7 Å². The molecule has 1 N–H and O–H groups in total. The topological polar surface area (TPSA) is 50.3 Å². The maximum absolute atomic E-state index is 5.55. The molecule has 1 heterocycles. The van der Waals surface area contributed by atoms with Crippen molar-refractivity contribution in [2.24, 2.45) is 0 Å². The van der Waals surface area contributed by atoms with Crippen LogP contribution in [-0.4, -0.2) is 48.7 Å². The zero-order chi connectivity index (χ0) is 14.1. The predicted molar refractivity (Wildman–Crippen MR) is 77.4 cm³/mol. The van der Waals surface area contributed by atoms with Gasteiger partial charge in [-0.15, -0.1) is 0 Å². The summed E-state index contributed by atoms with van der Waals surface area (Å²) in [6.07, 6.45) is 3.97. The Balaban J connectivity index is 2.38. The third-order valence-corrected chi connectivity index (χ3v) is 2.78. The van der Waals surface area contributed by atoms with E-state index in [1.165, 1.54) is 0 Å². The summed E-state index contributed by atoms with van der Waals surface area (Å²) >= 11 is 0. The van der Waals surface area contributed by atoms with Crippen molar-refractivity contribution < 1.29 is 4.74 Å². The Bertz CT molecular complexity index is 368. The average molecular weight is 266 g/mol. The molecule has 0 fully saturated rings. The molecule has 5 nitrogen and oxygen atoms in total. The molecule has 0 unspecified atom stereocenters. The summed E-state index contributed by atoms with van der Waals surface area (Å²) in [6.45, 7) is 7.66. The molecule has 0 radical (unpaired) electrons. The lowest BCUT2D eigenvalue weighted by molar-refractivity contribution is 0.263. The Hall–Kier alpha value is -1.20. The fraction of sp³-hybridized carbons (Fsp3) is 0.714. The van der Waals surface area contributed by atoms with Crippen molar-refractivity contribution in [3.8, 4) is 6.01 Å². The summed E-state index contributed by atoms with van der Waals surface area (Å²) in [4.78, 5) is 10.8. The van der Waals surface area contributed by atoms with Gasteiger partial charge in [-0.2, -0.15) is 0 Å². The van der Waals surface area contributed by atoms with Crippen LogP contribution in [0, 0.1) is 6.92 Å². The predicted octanol–water partition coefficient (Wildman–Crippen LogP) is 1.62. The summed E-state index contributed by atoms with van der Waals surface area (Å²) in [7, 11) is 4.11. The van der Waals surface area contributed by atoms with Crippen LogP contribution in [0.5, 0.6) is 6.01 Å². The first-order valence-electron chi connectivity index (χ1n) is 6.94. The van der Waals surface area contributed by atoms with E-state index in [9.17, 15) is 0 Å². The maximum Gasteiger partial charge on any atom is 0.316 e. The second-order valence-electron chi connectivity index (χ2n) is 4.95. The van der Waals surface area contributed by atoms with E-state index in [1.54, 1.807) is 0 Å². The molecule has 0 amide bonds. The molecule has 1 aromatic heterocycles. The van der Waals surface area contributed by atoms with Gasteiger partial charge in [0.2, 0.25) is 0 Å². The van der Waals surface area contributed by atoms with Gasteiger partial charge in [-0.05, 0) is 40.4 Å². The third kappa shape index (κ3) is 6.50. The normalized spacial score (nSPS) is 11.0. The zero-order valence-electron chi connectivity index (χ0n) is 12.6. The molecule has 0 saturated heterocycles. The summed E-state index contributed by atoms with van der Waals surface area (Å²) in [5, 5.41) is 3.35. The van der Waals surface area contributed by atoms with Gasteiger partial charge in [0.1, 0.15) is 0 Å². The molecule has 0 aliphatic rings. The monoisotopic (exact) mass is 266 g/mol. The van der Waals surface area contributed by atoms with E-state index >= 15 is 0 Å². The number of ether oxygens (including phenoxy) is 1. The van der Waals surface area contributed by atoms with Gasteiger partial charge in [-0.1, -0.05) is 6.92 Å². The Morgan fingerprint density at radius 3 is 2.79 bits per heavy atom. The summed E-state index contributed by atoms with van der Waals surface area (Å²) < 4.78 is 5.55. The fourth-order valence-corrected chi connectivity index (χ4v) is 1.66. The van der Waals surface area contributed by atoms with Crippen LogP contribution >= 0.6 is 0 Å². The van der Waals surface area contributed by atoms with E-state index in [2.05, 4.69) is 41.2 Å². The van der Waals surface area contributed by atoms with Gasteiger partial charge < -0.3 is 15.0 Å². The quantitative estimate of drug-likeness (QED) is 0.688. The molecule has 5 heteroatoms. The van der Waals surface area contributed by atoms with E-state index in [0.29, 0.717) is 12.6 Å². The van der Waals surface area contributed by atoms with Crippen molar-refractivity contribution >= 4 is 0 Å². The number of nitrogens with zero attached hydrogens (tertiary/aromatic N) is 3. The van der Waals surface area contributed by atoms with Crippen LogP contribution in [0.1, 0.15) is 31.0 Å². The second kappa shape index (κ2) is 8.82. The molecule has 19 heavy (non-hydrogen) atoms. The molecule has 0 aromatic carbocycles. The average Bonchev–Trinajstić information content (AvgIpc) is 2.37.